The van der Waals surface area contributed by atoms with Crippen molar-refractivity contribution in [1.82, 2.24) is 5.32 Å². The van der Waals surface area contributed by atoms with Gasteiger partial charge < -0.3 is 15.2 Å². The molecule has 4 N–H and O–H groups in total. The number of ether oxygens (including phenoxy) is 1. The normalized spacial score (nSPS) is 12.6. The Labute approximate surface area is 162 Å². The molecule has 0 bridgehead atoms. The minimum Gasteiger partial charge on any atom is -0.496 e. The maximum absolute atomic E-state index is 12.1. The summed E-state index contributed by atoms with van der Waals surface area (Å²) in [6.45, 7) is 1.76. The van der Waals surface area contributed by atoms with E-state index in [1.807, 2.05) is 11.4 Å². The van der Waals surface area contributed by atoms with Crippen molar-refractivity contribution in [3.05, 3.63) is 51.7 Å². The van der Waals surface area contributed by atoms with Crippen molar-refractivity contribution in [2.24, 2.45) is 0 Å². The van der Waals surface area contributed by atoms with Crippen LogP contribution >= 0.6 is 19.1 Å². The van der Waals surface area contributed by atoms with E-state index in [0.29, 0.717) is 5.56 Å². The number of ketones is 1. The SMILES string of the molecule is COc1ccc(C(C)NCC(=O)C[P+](O)(O)Cc2cccs2)cc1C(=O)O. The molecule has 0 spiro atoms. The third kappa shape index (κ3) is 6.37. The first-order chi connectivity index (χ1) is 12.7. The summed E-state index contributed by atoms with van der Waals surface area (Å²) in [7, 11) is -1.92. The van der Waals surface area contributed by atoms with Crippen LogP contribution in [0.2, 0.25) is 0 Å². The molecule has 9 heteroatoms. The van der Waals surface area contributed by atoms with Gasteiger partial charge in [0.05, 0.1) is 13.7 Å². The number of benzene rings is 1. The summed E-state index contributed by atoms with van der Waals surface area (Å²) >= 11 is 1.42. The summed E-state index contributed by atoms with van der Waals surface area (Å²) in [4.78, 5) is 44.6. The summed E-state index contributed by atoms with van der Waals surface area (Å²) < 4.78 is 5.03. The lowest BCUT2D eigenvalue weighted by Crippen LogP contribution is -2.28. The van der Waals surface area contributed by atoms with Gasteiger partial charge in [-0.15, -0.1) is 11.3 Å². The first-order valence-corrected chi connectivity index (χ1v) is 11.2. The van der Waals surface area contributed by atoms with Crippen molar-refractivity contribution in [2.45, 2.75) is 19.1 Å². The summed E-state index contributed by atoms with van der Waals surface area (Å²) in [5.41, 5.74) is 0.732. The molecule has 2 aromatic rings. The van der Waals surface area contributed by atoms with Gasteiger partial charge >= 0.3 is 5.97 Å². The molecule has 0 saturated carbocycles. The van der Waals surface area contributed by atoms with Crippen LogP contribution in [0, 0.1) is 0 Å². The summed E-state index contributed by atoms with van der Waals surface area (Å²) in [5, 5.41) is 14.1. The van der Waals surface area contributed by atoms with Gasteiger partial charge in [-0.3, -0.25) is 4.79 Å². The Hall–Kier alpha value is -1.83. The molecule has 146 valence electrons. The topological polar surface area (TPSA) is 116 Å². The average molecular weight is 412 g/mol. The minimum absolute atomic E-state index is 0.0388. The molecule has 0 fully saturated rings. The number of hydrogen-bond acceptors (Lipinski definition) is 7. The number of methoxy groups -OCH3 is 1. The molecule has 0 aliphatic rings. The van der Waals surface area contributed by atoms with Crippen LogP contribution in [0.25, 0.3) is 0 Å². The summed E-state index contributed by atoms with van der Waals surface area (Å²) in [6.07, 6.45) is -0.181. The maximum atomic E-state index is 12.1. The Morgan fingerprint density at radius 2 is 2.04 bits per heavy atom. The summed E-state index contributed by atoms with van der Waals surface area (Å²) in [5.74, 6) is -1.14. The Bertz CT molecular complexity index is 793. The Balaban J connectivity index is 1.92. The van der Waals surface area contributed by atoms with E-state index in [0.717, 1.165) is 4.88 Å². The van der Waals surface area contributed by atoms with Crippen LogP contribution in [0.4, 0.5) is 0 Å². The van der Waals surface area contributed by atoms with E-state index in [1.54, 1.807) is 25.1 Å². The Kier molecular flexibility index (Phi) is 7.47. The van der Waals surface area contributed by atoms with E-state index >= 15 is 0 Å². The quantitative estimate of drug-likeness (QED) is 0.444. The Morgan fingerprint density at radius 1 is 1.30 bits per heavy atom. The minimum atomic E-state index is -3.32. The molecule has 1 heterocycles. The molecule has 0 radical (unpaired) electrons. The number of Topliss-reactive ketones (excluding diaryl/α,β-unsaturated/α-hetero) is 1. The Morgan fingerprint density at radius 3 is 2.63 bits per heavy atom. The fourth-order valence-corrected chi connectivity index (χ4v) is 5.39. The number of carbonyl (C=O) groups is 2. The number of rotatable bonds is 10. The highest BCUT2D eigenvalue weighted by Crippen LogP contribution is 2.53. The highest BCUT2D eigenvalue weighted by molar-refractivity contribution is 7.65. The zero-order valence-corrected chi connectivity index (χ0v) is 16.8. The molecule has 0 amide bonds. The molecule has 7 nitrogen and oxygen atoms in total. The fraction of sp³-hybridized carbons (Fsp3) is 0.333. The third-order valence-corrected chi connectivity index (χ3v) is 6.77. The van der Waals surface area contributed by atoms with Crippen LogP contribution in [0.5, 0.6) is 5.75 Å². The molecular formula is C18H23NO6PS+. The largest absolute Gasteiger partial charge is 0.496 e. The van der Waals surface area contributed by atoms with Crippen LogP contribution in [0.1, 0.15) is 33.8 Å². The maximum Gasteiger partial charge on any atom is 0.339 e. The van der Waals surface area contributed by atoms with Gasteiger partial charge in [0.2, 0.25) is 0 Å². The molecule has 1 aromatic carbocycles. The number of carboxylic acids is 1. The number of thiophene rings is 1. The van der Waals surface area contributed by atoms with E-state index in [1.165, 1.54) is 24.5 Å². The van der Waals surface area contributed by atoms with Gasteiger partial charge in [0, 0.05) is 10.9 Å². The van der Waals surface area contributed by atoms with Crippen LogP contribution in [-0.4, -0.2) is 46.5 Å². The van der Waals surface area contributed by atoms with E-state index in [2.05, 4.69) is 5.32 Å². The van der Waals surface area contributed by atoms with Crippen LogP contribution in [0.15, 0.2) is 35.7 Å². The highest BCUT2D eigenvalue weighted by Gasteiger charge is 2.36. The van der Waals surface area contributed by atoms with Crippen molar-refractivity contribution in [2.75, 3.05) is 19.8 Å². The van der Waals surface area contributed by atoms with Gasteiger partial charge in [-0.05, 0) is 36.1 Å². The van der Waals surface area contributed by atoms with Crippen molar-refractivity contribution in [1.29, 1.82) is 0 Å². The van der Waals surface area contributed by atoms with Gasteiger partial charge in [0.25, 0.3) is 7.72 Å². The van der Waals surface area contributed by atoms with Crippen molar-refractivity contribution >= 4 is 30.8 Å². The second kappa shape index (κ2) is 9.39. The number of carboxylic acid groups (broad SMARTS) is 1. The highest BCUT2D eigenvalue weighted by atomic mass is 32.1. The van der Waals surface area contributed by atoms with Crippen molar-refractivity contribution in [3.63, 3.8) is 0 Å². The first kappa shape index (κ1) is 21.5. The lowest BCUT2D eigenvalue weighted by Gasteiger charge is -2.16. The van der Waals surface area contributed by atoms with Gasteiger partial charge in [0.1, 0.15) is 17.5 Å². The van der Waals surface area contributed by atoms with E-state index in [-0.39, 0.29) is 42.0 Å². The standard InChI is InChI=1S/C18H22NO6PS/c1-12(13-5-6-17(25-2)16(8-13)18(21)22)19-9-14(20)10-26(23,24)11-15-4-3-7-27-15/h3-8,12,19,23-24H,9-11H2,1-2H3/p+1. The van der Waals surface area contributed by atoms with E-state index in [4.69, 9.17) is 4.74 Å². The molecule has 0 aliphatic heterocycles. The molecular weight excluding hydrogens is 389 g/mol. The number of hydrogen-bond donors (Lipinski definition) is 4. The molecule has 27 heavy (non-hydrogen) atoms. The first-order valence-electron chi connectivity index (χ1n) is 8.23. The smallest absolute Gasteiger partial charge is 0.339 e. The zero-order chi connectivity index (χ0) is 20.0. The van der Waals surface area contributed by atoms with Crippen LogP contribution < -0.4 is 10.1 Å². The molecule has 0 aliphatic carbocycles. The molecule has 1 atom stereocenters. The van der Waals surface area contributed by atoms with Crippen molar-refractivity contribution < 1.29 is 29.2 Å². The molecule has 0 saturated heterocycles. The second-order valence-electron chi connectivity index (χ2n) is 6.18. The van der Waals surface area contributed by atoms with Crippen LogP contribution in [-0.2, 0) is 11.0 Å². The van der Waals surface area contributed by atoms with Crippen molar-refractivity contribution in [3.8, 4) is 5.75 Å². The van der Waals surface area contributed by atoms with Crippen LogP contribution in [0.3, 0.4) is 0 Å². The number of aromatic carboxylic acids is 1. The molecule has 1 aromatic heterocycles. The number of nitrogens with one attached hydrogen (secondary N) is 1. The monoisotopic (exact) mass is 412 g/mol. The average Bonchev–Trinajstić information content (AvgIpc) is 3.10. The van der Waals surface area contributed by atoms with Gasteiger partial charge in [-0.1, -0.05) is 12.1 Å². The zero-order valence-electron chi connectivity index (χ0n) is 15.1. The van der Waals surface area contributed by atoms with E-state index in [9.17, 15) is 24.5 Å². The molecule has 1 unspecified atom stereocenters. The lowest BCUT2D eigenvalue weighted by molar-refractivity contribution is -0.116. The number of carbonyl (C=O) groups excluding carboxylic acids is 1. The van der Waals surface area contributed by atoms with Gasteiger partial charge in [-0.25, -0.2) is 14.6 Å². The predicted octanol–water partition coefficient (Wildman–Crippen LogP) is 2.71. The summed E-state index contributed by atoms with van der Waals surface area (Å²) in [6, 6.07) is 8.12. The third-order valence-electron chi connectivity index (χ3n) is 3.98. The van der Waals surface area contributed by atoms with Gasteiger partial charge in [-0.2, -0.15) is 0 Å². The molecule has 2 rings (SSSR count). The predicted molar refractivity (Wildman–Crippen MR) is 106 cm³/mol. The van der Waals surface area contributed by atoms with Gasteiger partial charge in [0.15, 0.2) is 11.9 Å². The van der Waals surface area contributed by atoms with E-state index < -0.39 is 13.7 Å². The second-order valence-corrected chi connectivity index (χ2v) is 9.60. The lowest BCUT2D eigenvalue weighted by atomic mass is 10.0. The fourth-order valence-electron chi connectivity index (χ4n) is 2.59.